The second-order valence-electron chi connectivity index (χ2n) is 6.80. The molecule has 0 atom stereocenters. The van der Waals surface area contributed by atoms with Crippen molar-refractivity contribution in [2.75, 3.05) is 26.1 Å². The largest absolute Gasteiger partial charge is 0.493 e. The van der Waals surface area contributed by atoms with Crippen LogP contribution in [0.15, 0.2) is 48.5 Å². The maximum Gasteiger partial charge on any atom is 0.339 e. The van der Waals surface area contributed by atoms with Gasteiger partial charge in [0.15, 0.2) is 11.5 Å². The predicted octanol–water partition coefficient (Wildman–Crippen LogP) is 4.56. The summed E-state index contributed by atoms with van der Waals surface area (Å²) in [6.07, 6.45) is 4.01. The molecular formula is C23H27NO5. The van der Waals surface area contributed by atoms with Crippen LogP contribution in [0, 0.1) is 5.92 Å². The number of nitrogens with one attached hydrogen (secondary N) is 1. The Morgan fingerprint density at radius 1 is 1.07 bits per heavy atom. The molecule has 1 amide bonds. The summed E-state index contributed by atoms with van der Waals surface area (Å²) >= 11 is 0. The molecule has 0 unspecified atom stereocenters. The smallest absolute Gasteiger partial charge is 0.339 e. The zero-order valence-corrected chi connectivity index (χ0v) is 17.2. The number of rotatable bonds is 9. The topological polar surface area (TPSA) is 73.9 Å². The fourth-order valence-electron chi connectivity index (χ4n) is 2.54. The number of methoxy groups -OCH3 is 2. The predicted molar refractivity (Wildman–Crippen MR) is 113 cm³/mol. The molecule has 0 heterocycles. The molecule has 2 aromatic carbocycles. The first-order chi connectivity index (χ1) is 13.9. The van der Waals surface area contributed by atoms with Crippen LogP contribution in [-0.4, -0.2) is 32.7 Å². The second kappa shape index (κ2) is 10.9. The average molecular weight is 397 g/mol. The lowest BCUT2D eigenvalue weighted by atomic mass is 10.1. The Balaban J connectivity index is 2.06. The molecule has 0 aliphatic carbocycles. The first-order valence-electron chi connectivity index (χ1n) is 9.41. The zero-order chi connectivity index (χ0) is 21.2. The molecule has 6 heteroatoms. The first-order valence-corrected chi connectivity index (χ1v) is 9.41. The second-order valence-corrected chi connectivity index (χ2v) is 6.80. The van der Waals surface area contributed by atoms with E-state index in [1.165, 1.54) is 13.2 Å². The van der Waals surface area contributed by atoms with Crippen molar-refractivity contribution in [3.63, 3.8) is 0 Å². The molecule has 29 heavy (non-hydrogen) atoms. The number of anilines is 1. The fraction of sp³-hybridized carbons (Fsp3) is 0.304. The number of ether oxygens (including phenoxy) is 3. The fourth-order valence-corrected chi connectivity index (χ4v) is 2.54. The van der Waals surface area contributed by atoms with E-state index in [0.29, 0.717) is 35.3 Å². The van der Waals surface area contributed by atoms with E-state index >= 15 is 0 Å². The third-order valence-electron chi connectivity index (χ3n) is 4.16. The minimum atomic E-state index is -0.511. The van der Waals surface area contributed by atoms with Crippen molar-refractivity contribution in [3.8, 4) is 11.5 Å². The summed E-state index contributed by atoms with van der Waals surface area (Å²) in [4.78, 5) is 24.1. The number of hydrogen-bond donors (Lipinski definition) is 1. The molecule has 0 fully saturated rings. The minimum Gasteiger partial charge on any atom is -0.493 e. The molecule has 0 bridgehead atoms. The van der Waals surface area contributed by atoms with Gasteiger partial charge in [-0.25, -0.2) is 4.79 Å². The number of benzene rings is 2. The van der Waals surface area contributed by atoms with Gasteiger partial charge < -0.3 is 19.5 Å². The normalized spacial score (nSPS) is 10.8. The van der Waals surface area contributed by atoms with Crippen molar-refractivity contribution in [2.45, 2.75) is 20.3 Å². The Morgan fingerprint density at radius 2 is 1.83 bits per heavy atom. The SMILES string of the molecule is COC(=O)c1ccccc1NC(=O)C=Cc1ccc(OCCC(C)C)c(OC)c1. The van der Waals surface area contributed by atoms with Gasteiger partial charge in [0, 0.05) is 6.08 Å². The number of carbonyl (C=O) groups is 2. The van der Waals surface area contributed by atoms with E-state index in [1.807, 2.05) is 12.1 Å². The molecular weight excluding hydrogens is 370 g/mol. The third kappa shape index (κ3) is 6.68. The van der Waals surface area contributed by atoms with Gasteiger partial charge in [0.1, 0.15) is 0 Å². The minimum absolute atomic E-state index is 0.293. The first kappa shape index (κ1) is 22.0. The van der Waals surface area contributed by atoms with Gasteiger partial charge in [0.05, 0.1) is 32.1 Å². The number of amides is 1. The van der Waals surface area contributed by atoms with Crippen LogP contribution in [0.25, 0.3) is 6.08 Å². The van der Waals surface area contributed by atoms with Crippen LogP contribution >= 0.6 is 0 Å². The number of carbonyl (C=O) groups excluding carboxylic acids is 2. The summed E-state index contributed by atoms with van der Waals surface area (Å²) in [6.45, 7) is 4.90. The highest BCUT2D eigenvalue weighted by molar-refractivity contribution is 6.06. The highest BCUT2D eigenvalue weighted by atomic mass is 16.5. The van der Waals surface area contributed by atoms with Crippen LogP contribution in [0.2, 0.25) is 0 Å². The van der Waals surface area contributed by atoms with Crippen LogP contribution in [0.4, 0.5) is 5.69 Å². The van der Waals surface area contributed by atoms with Gasteiger partial charge in [0.25, 0.3) is 0 Å². The van der Waals surface area contributed by atoms with E-state index in [0.717, 1.165) is 12.0 Å². The summed E-state index contributed by atoms with van der Waals surface area (Å²) in [5.74, 6) is 0.959. The van der Waals surface area contributed by atoms with Crippen LogP contribution in [0.1, 0.15) is 36.2 Å². The molecule has 0 radical (unpaired) electrons. The lowest BCUT2D eigenvalue weighted by Gasteiger charge is -2.12. The number of esters is 1. The average Bonchev–Trinajstić information content (AvgIpc) is 2.72. The molecule has 0 aliphatic rings. The van der Waals surface area contributed by atoms with Crippen LogP contribution in [0.3, 0.4) is 0 Å². The molecule has 0 spiro atoms. The Bertz CT molecular complexity index is 873. The molecule has 0 aromatic heterocycles. The van der Waals surface area contributed by atoms with E-state index in [1.54, 1.807) is 43.5 Å². The highest BCUT2D eigenvalue weighted by Gasteiger charge is 2.12. The van der Waals surface area contributed by atoms with Gasteiger partial charge in [-0.05, 0) is 48.2 Å². The Labute approximate surface area is 171 Å². The van der Waals surface area contributed by atoms with Gasteiger partial charge in [-0.1, -0.05) is 32.0 Å². The maximum atomic E-state index is 12.3. The molecule has 0 saturated carbocycles. The van der Waals surface area contributed by atoms with Crippen LogP contribution < -0.4 is 14.8 Å². The summed E-state index contributed by atoms with van der Waals surface area (Å²) in [7, 11) is 2.87. The standard InChI is InChI=1S/C23H27NO5/c1-16(2)13-14-29-20-11-9-17(15-21(20)27-3)10-12-22(25)24-19-8-6-5-7-18(19)23(26)28-4/h5-12,15-16H,13-14H2,1-4H3,(H,24,25). The monoisotopic (exact) mass is 397 g/mol. The van der Waals surface area contributed by atoms with Crippen molar-refractivity contribution in [2.24, 2.45) is 5.92 Å². The molecule has 1 N–H and O–H groups in total. The van der Waals surface area contributed by atoms with Crippen molar-refractivity contribution in [3.05, 3.63) is 59.7 Å². The van der Waals surface area contributed by atoms with Crippen molar-refractivity contribution in [1.82, 2.24) is 0 Å². The lowest BCUT2D eigenvalue weighted by molar-refractivity contribution is -0.111. The molecule has 6 nitrogen and oxygen atoms in total. The molecule has 154 valence electrons. The van der Waals surface area contributed by atoms with E-state index in [9.17, 15) is 9.59 Å². The van der Waals surface area contributed by atoms with Gasteiger partial charge in [-0.15, -0.1) is 0 Å². The zero-order valence-electron chi connectivity index (χ0n) is 17.2. The molecule has 0 aliphatic heterocycles. The van der Waals surface area contributed by atoms with E-state index in [2.05, 4.69) is 19.2 Å². The third-order valence-corrected chi connectivity index (χ3v) is 4.16. The Kier molecular flexibility index (Phi) is 8.27. The molecule has 2 rings (SSSR count). The van der Waals surface area contributed by atoms with Gasteiger partial charge in [0.2, 0.25) is 5.91 Å². The van der Waals surface area contributed by atoms with Crippen LogP contribution in [-0.2, 0) is 9.53 Å². The van der Waals surface area contributed by atoms with Crippen LogP contribution in [0.5, 0.6) is 11.5 Å². The lowest BCUT2D eigenvalue weighted by Crippen LogP contribution is -2.12. The Hall–Kier alpha value is -3.28. The Morgan fingerprint density at radius 3 is 2.52 bits per heavy atom. The molecule has 2 aromatic rings. The quantitative estimate of drug-likeness (QED) is 0.496. The van der Waals surface area contributed by atoms with Gasteiger partial charge in [-0.2, -0.15) is 0 Å². The van der Waals surface area contributed by atoms with E-state index in [-0.39, 0.29) is 5.91 Å². The van der Waals surface area contributed by atoms with Crippen molar-refractivity contribution in [1.29, 1.82) is 0 Å². The van der Waals surface area contributed by atoms with Gasteiger partial charge >= 0.3 is 5.97 Å². The highest BCUT2D eigenvalue weighted by Crippen LogP contribution is 2.29. The maximum absolute atomic E-state index is 12.3. The number of para-hydroxylation sites is 1. The van der Waals surface area contributed by atoms with Gasteiger partial charge in [-0.3, -0.25) is 4.79 Å². The summed E-state index contributed by atoms with van der Waals surface area (Å²) in [5.41, 5.74) is 1.47. The van der Waals surface area contributed by atoms with E-state index in [4.69, 9.17) is 14.2 Å². The summed E-state index contributed by atoms with van der Waals surface area (Å²) < 4.78 is 15.9. The van der Waals surface area contributed by atoms with Crippen molar-refractivity contribution >= 4 is 23.6 Å². The molecule has 0 saturated heterocycles. The van der Waals surface area contributed by atoms with E-state index < -0.39 is 5.97 Å². The summed E-state index contributed by atoms with van der Waals surface area (Å²) in [6, 6.07) is 12.1. The summed E-state index contributed by atoms with van der Waals surface area (Å²) in [5, 5.41) is 2.69. The van der Waals surface area contributed by atoms with Crippen molar-refractivity contribution < 1.29 is 23.8 Å². The number of hydrogen-bond acceptors (Lipinski definition) is 5.